The molecule has 1 aliphatic heterocycles. The topological polar surface area (TPSA) is 66.6 Å². The SMILES string of the molecule is NC(=O)CN1CCN(C(=O)Cc2ccc(F)cc2)CC1. The van der Waals surface area contributed by atoms with Gasteiger partial charge in [0.25, 0.3) is 0 Å². The Bertz CT molecular complexity index is 482. The number of hydrogen-bond acceptors (Lipinski definition) is 3. The van der Waals surface area contributed by atoms with Crippen molar-refractivity contribution in [3.63, 3.8) is 0 Å². The van der Waals surface area contributed by atoms with Crippen molar-refractivity contribution in [2.45, 2.75) is 6.42 Å². The third-order valence-corrected chi connectivity index (χ3v) is 3.37. The third kappa shape index (κ3) is 4.03. The van der Waals surface area contributed by atoms with Crippen LogP contribution in [0.3, 0.4) is 0 Å². The number of halogens is 1. The normalized spacial score (nSPS) is 16.1. The average molecular weight is 279 g/mol. The molecule has 1 saturated heterocycles. The van der Waals surface area contributed by atoms with Crippen LogP contribution in [0.4, 0.5) is 4.39 Å². The molecule has 5 nitrogen and oxygen atoms in total. The Morgan fingerprint density at radius 2 is 1.70 bits per heavy atom. The highest BCUT2D eigenvalue weighted by Crippen LogP contribution is 2.08. The molecule has 2 rings (SSSR count). The third-order valence-electron chi connectivity index (χ3n) is 3.37. The van der Waals surface area contributed by atoms with Crippen LogP contribution in [0.5, 0.6) is 0 Å². The highest BCUT2D eigenvalue weighted by atomic mass is 19.1. The number of benzene rings is 1. The summed E-state index contributed by atoms with van der Waals surface area (Å²) in [4.78, 5) is 26.6. The molecular weight excluding hydrogens is 261 g/mol. The smallest absolute Gasteiger partial charge is 0.231 e. The maximum absolute atomic E-state index is 12.8. The second kappa shape index (κ2) is 6.47. The first-order chi connectivity index (χ1) is 9.54. The second-order valence-corrected chi connectivity index (χ2v) is 4.93. The van der Waals surface area contributed by atoms with Gasteiger partial charge in [0.1, 0.15) is 5.82 Å². The molecule has 1 aromatic carbocycles. The van der Waals surface area contributed by atoms with Crippen LogP contribution in [-0.2, 0) is 16.0 Å². The lowest BCUT2D eigenvalue weighted by atomic mass is 10.1. The Hall–Kier alpha value is -1.95. The first kappa shape index (κ1) is 14.5. The van der Waals surface area contributed by atoms with Crippen molar-refractivity contribution in [3.8, 4) is 0 Å². The summed E-state index contributed by atoms with van der Waals surface area (Å²) in [6.45, 7) is 2.72. The number of primary amides is 1. The predicted molar refractivity (Wildman–Crippen MR) is 72.3 cm³/mol. The van der Waals surface area contributed by atoms with E-state index in [9.17, 15) is 14.0 Å². The van der Waals surface area contributed by atoms with Crippen molar-refractivity contribution < 1.29 is 14.0 Å². The zero-order valence-electron chi connectivity index (χ0n) is 11.2. The summed E-state index contributed by atoms with van der Waals surface area (Å²) in [6.07, 6.45) is 0.274. The summed E-state index contributed by atoms with van der Waals surface area (Å²) >= 11 is 0. The minimum absolute atomic E-state index is 0.0235. The standard InChI is InChI=1S/C14H18FN3O2/c15-12-3-1-11(2-4-12)9-14(20)18-7-5-17(6-8-18)10-13(16)19/h1-4H,5-10H2,(H2,16,19). The Morgan fingerprint density at radius 1 is 1.10 bits per heavy atom. The second-order valence-electron chi connectivity index (χ2n) is 4.93. The van der Waals surface area contributed by atoms with Crippen molar-refractivity contribution >= 4 is 11.8 Å². The van der Waals surface area contributed by atoms with E-state index in [4.69, 9.17) is 5.73 Å². The summed E-state index contributed by atoms with van der Waals surface area (Å²) in [5.74, 6) is -0.632. The molecule has 2 amide bonds. The van der Waals surface area contributed by atoms with E-state index < -0.39 is 0 Å². The van der Waals surface area contributed by atoms with Crippen LogP contribution in [-0.4, -0.2) is 54.3 Å². The highest BCUT2D eigenvalue weighted by Gasteiger charge is 2.21. The molecule has 0 radical (unpaired) electrons. The molecule has 6 heteroatoms. The van der Waals surface area contributed by atoms with Gasteiger partial charge in [0.15, 0.2) is 0 Å². The first-order valence-corrected chi connectivity index (χ1v) is 6.57. The van der Waals surface area contributed by atoms with Gasteiger partial charge in [-0.05, 0) is 17.7 Å². The maximum atomic E-state index is 12.8. The lowest BCUT2D eigenvalue weighted by molar-refractivity contribution is -0.132. The fourth-order valence-corrected chi connectivity index (χ4v) is 2.26. The fraction of sp³-hybridized carbons (Fsp3) is 0.429. The Morgan fingerprint density at radius 3 is 2.25 bits per heavy atom. The number of hydrogen-bond donors (Lipinski definition) is 1. The van der Waals surface area contributed by atoms with E-state index in [2.05, 4.69) is 0 Å². The van der Waals surface area contributed by atoms with Gasteiger partial charge in [0, 0.05) is 26.2 Å². The van der Waals surface area contributed by atoms with Crippen LogP contribution in [0.25, 0.3) is 0 Å². The van der Waals surface area contributed by atoms with Crippen LogP contribution in [0.15, 0.2) is 24.3 Å². The largest absolute Gasteiger partial charge is 0.369 e. The molecule has 108 valence electrons. The molecule has 2 N–H and O–H groups in total. The first-order valence-electron chi connectivity index (χ1n) is 6.57. The van der Waals surface area contributed by atoms with E-state index in [1.807, 2.05) is 4.90 Å². The van der Waals surface area contributed by atoms with Crippen LogP contribution in [0.1, 0.15) is 5.56 Å². The van der Waals surface area contributed by atoms with Crippen molar-refractivity contribution in [1.82, 2.24) is 9.80 Å². The molecular formula is C14H18FN3O2. The Kier molecular flexibility index (Phi) is 4.68. The molecule has 0 atom stereocenters. The highest BCUT2D eigenvalue weighted by molar-refractivity contribution is 5.79. The zero-order valence-corrected chi connectivity index (χ0v) is 11.2. The minimum atomic E-state index is -0.351. The van der Waals surface area contributed by atoms with Crippen LogP contribution >= 0.6 is 0 Å². The molecule has 0 bridgehead atoms. The van der Waals surface area contributed by atoms with E-state index in [1.165, 1.54) is 12.1 Å². The van der Waals surface area contributed by atoms with E-state index in [-0.39, 0.29) is 30.6 Å². The lowest BCUT2D eigenvalue weighted by Gasteiger charge is -2.34. The fourth-order valence-electron chi connectivity index (χ4n) is 2.26. The van der Waals surface area contributed by atoms with Crippen molar-refractivity contribution in [2.24, 2.45) is 5.73 Å². The van der Waals surface area contributed by atoms with Crippen molar-refractivity contribution in [3.05, 3.63) is 35.6 Å². The molecule has 1 heterocycles. The zero-order chi connectivity index (χ0) is 14.5. The molecule has 1 fully saturated rings. The van der Waals surface area contributed by atoms with Gasteiger partial charge in [-0.25, -0.2) is 4.39 Å². The van der Waals surface area contributed by atoms with Crippen molar-refractivity contribution in [1.29, 1.82) is 0 Å². The quantitative estimate of drug-likeness (QED) is 0.843. The number of nitrogens with two attached hydrogens (primary N) is 1. The summed E-state index contributed by atoms with van der Waals surface area (Å²) in [5, 5.41) is 0. The average Bonchev–Trinajstić information content (AvgIpc) is 2.41. The Balaban J connectivity index is 1.82. The number of carbonyl (C=O) groups is 2. The number of amides is 2. The molecule has 20 heavy (non-hydrogen) atoms. The van der Waals surface area contributed by atoms with E-state index in [0.29, 0.717) is 26.2 Å². The van der Waals surface area contributed by atoms with Gasteiger partial charge in [-0.1, -0.05) is 12.1 Å². The molecule has 0 saturated carbocycles. The molecule has 1 aromatic rings. The lowest BCUT2D eigenvalue weighted by Crippen LogP contribution is -2.50. The van der Waals surface area contributed by atoms with Crippen molar-refractivity contribution in [2.75, 3.05) is 32.7 Å². The summed E-state index contributed by atoms with van der Waals surface area (Å²) in [7, 11) is 0. The van der Waals surface area contributed by atoms with Gasteiger partial charge >= 0.3 is 0 Å². The van der Waals surface area contributed by atoms with E-state index in [1.54, 1.807) is 17.0 Å². The molecule has 0 aromatic heterocycles. The number of carbonyl (C=O) groups excluding carboxylic acids is 2. The molecule has 0 spiro atoms. The monoisotopic (exact) mass is 279 g/mol. The molecule has 0 unspecified atom stereocenters. The van der Waals surface area contributed by atoms with Gasteiger partial charge in [-0.3, -0.25) is 14.5 Å². The predicted octanol–water partition coefficient (Wildman–Crippen LogP) is -0.00230. The molecule has 1 aliphatic rings. The summed E-state index contributed by atoms with van der Waals surface area (Å²) in [5.41, 5.74) is 5.94. The van der Waals surface area contributed by atoms with Crippen LogP contribution in [0.2, 0.25) is 0 Å². The Labute approximate surface area is 117 Å². The van der Waals surface area contributed by atoms with Crippen LogP contribution < -0.4 is 5.73 Å². The maximum Gasteiger partial charge on any atom is 0.231 e. The van der Waals surface area contributed by atoms with Gasteiger partial charge in [0.05, 0.1) is 13.0 Å². The van der Waals surface area contributed by atoms with E-state index >= 15 is 0 Å². The number of piperazine rings is 1. The van der Waals surface area contributed by atoms with E-state index in [0.717, 1.165) is 5.56 Å². The van der Waals surface area contributed by atoms with Gasteiger partial charge in [-0.2, -0.15) is 0 Å². The summed E-state index contributed by atoms with van der Waals surface area (Å²) < 4.78 is 12.8. The van der Waals surface area contributed by atoms with Gasteiger partial charge < -0.3 is 10.6 Å². The number of nitrogens with zero attached hydrogens (tertiary/aromatic N) is 2. The number of rotatable bonds is 4. The van der Waals surface area contributed by atoms with Gasteiger partial charge in [0.2, 0.25) is 11.8 Å². The minimum Gasteiger partial charge on any atom is -0.369 e. The summed E-state index contributed by atoms with van der Waals surface area (Å²) in [6, 6.07) is 5.95. The van der Waals surface area contributed by atoms with Gasteiger partial charge in [-0.15, -0.1) is 0 Å². The molecule has 0 aliphatic carbocycles. The van der Waals surface area contributed by atoms with Crippen LogP contribution in [0, 0.1) is 5.82 Å².